The van der Waals surface area contributed by atoms with Gasteiger partial charge in [0, 0.05) is 10.6 Å². The SMILES string of the molecule is CC(C)c1ccc(N2C(=O)CC(N(C(C)(C)C)S(=O)(=O)c3ccc(Cl)cc3)C2=O)cc1. The highest BCUT2D eigenvalue weighted by atomic mass is 35.5. The van der Waals surface area contributed by atoms with Crippen LogP contribution in [-0.4, -0.2) is 36.1 Å². The highest BCUT2D eigenvalue weighted by Gasteiger charge is 2.50. The van der Waals surface area contributed by atoms with Gasteiger partial charge in [-0.1, -0.05) is 37.6 Å². The lowest BCUT2D eigenvalue weighted by molar-refractivity contribution is -0.122. The van der Waals surface area contributed by atoms with E-state index in [0.29, 0.717) is 16.6 Å². The lowest BCUT2D eigenvalue weighted by Gasteiger charge is -2.37. The number of benzene rings is 2. The van der Waals surface area contributed by atoms with Crippen molar-refractivity contribution in [1.82, 2.24) is 4.31 Å². The van der Waals surface area contributed by atoms with Gasteiger partial charge in [0.25, 0.3) is 5.91 Å². The molecular weight excluding hydrogens is 436 g/mol. The van der Waals surface area contributed by atoms with Crippen LogP contribution in [0.15, 0.2) is 53.4 Å². The van der Waals surface area contributed by atoms with E-state index < -0.39 is 33.4 Å². The number of sulfonamides is 1. The number of imide groups is 1. The van der Waals surface area contributed by atoms with Crippen molar-refractivity contribution in [2.24, 2.45) is 0 Å². The predicted octanol–water partition coefficient (Wildman–Crippen LogP) is 4.58. The number of hydrogen-bond donors (Lipinski definition) is 0. The zero-order valence-electron chi connectivity index (χ0n) is 18.3. The number of amides is 2. The molecule has 1 unspecified atom stereocenters. The number of carbonyl (C=O) groups excluding carboxylic acids is 2. The second-order valence-electron chi connectivity index (χ2n) is 8.96. The summed E-state index contributed by atoms with van der Waals surface area (Å²) < 4.78 is 28.1. The molecule has 8 heteroatoms. The predicted molar refractivity (Wildman–Crippen MR) is 122 cm³/mol. The highest BCUT2D eigenvalue weighted by molar-refractivity contribution is 7.89. The van der Waals surface area contributed by atoms with E-state index in [2.05, 4.69) is 13.8 Å². The smallest absolute Gasteiger partial charge is 0.252 e. The van der Waals surface area contributed by atoms with Gasteiger partial charge in [0.05, 0.1) is 17.0 Å². The minimum Gasteiger partial charge on any atom is -0.274 e. The van der Waals surface area contributed by atoms with Gasteiger partial charge in [-0.25, -0.2) is 13.3 Å². The Morgan fingerprint density at radius 1 is 1.00 bits per heavy atom. The molecule has 0 aliphatic carbocycles. The Kier molecular flexibility index (Phi) is 6.33. The fraction of sp³-hybridized carbons (Fsp3) is 0.391. The van der Waals surface area contributed by atoms with E-state index in [1.165, 1.54) is 24.3 Å². The van der Waals surface area contributed by atoms with Crippen LogP contribution >= 0.6 is 11.6 Å². The number of halogens is 1. The van der Waals surface area contributed by atoms with Crippen molar-refractivity contribution in [2.45, 2.75) is 63.4 Å². The van der Waals surface area contributed by atoms with Crippen molar-refractivity contribution >= 4 is 39.1 Å². The molecule has 31 heavy (non-hydrogen) atoms. The van der Waals surface area contributed by atoms with Crippen LogP contribution in [0.2, 0.25) is 5.02 Å². The Balaban J connectivity index is 2.01. The Morgan fingerprint density at radius 2 is 1.55 bits per heavy atom. The summed E-state index contributed by atoms with van der Waals surface area (Å²) in [5, 5.41) is 0.407. The van der Waals surface area contributed by atoms with Gasteiger partial charge in [0.2, 0.25) is 15.9 Å². The zero-order chi connectivity index (χ0) is 23.1. The normalized spacial score (nSPS) is 17.8. The van der Waals surface area contributed by atoms with Gasteiger partial charge in [-0.3, -0.25) is 9.59 Å². The number of anilines is 1. The first-order valence-corrected chi connectivity index (χ1v) is 11.9. The molecule has 1 heterocycles. The quantitative estimate of drug-likeness (QED) is 0.609. The molecule has 0 saturated carbocycles. The minimum atomic E-state index is -4.06. The van der Waals surface area contributed by atoms with Crippen LogP contribution in [0.3, 0.4) is 0 Å². The van der Waals surface area contributed by atoms with E-state index in [-0.39, 0.29) is 11.3 Å². The summed E-state index contributed by atoms with van der Waals surface area (Å²) in [5.74, 6) is -0.657. The summed E-state index contributed by atoms with van der Waals surface area (Å²) in [6.45, 7) is 9.23. The van der Waals surface area contributed by atoms with Gasteiger partial charge >= 0.3 is 0 Å². The van der Waals surface area contributed by atoms with E-state index in [1.54, 1.807) is 32.9 Å². The van der Waals surface area contributed by atoms with Crippen LogP contribution < -0.4 is 4.90 Å². The number of rotatable bonds is 5. The van der Waals surface area contributed by atoms with Gasteiger partial charge in [-0.05, 0) is 68.7 Å². The summed E-state index contributed by atoms with van der Waals surface area (Å²) in [6.07, 6.45) is -0.213. The molecule has 1 saturated heterocycles. The van der Waals surface area contributed by atoms with E-state index in [9.17, 15) is 18.0 Å². The highest BCUT2D eigenvalue weighted by Crippen LogP contribution is 2.34. The van der Waals surface area contributed by atoms with Crippen molar-refractivity contribution in [1.29, 1.82) is 0 Å². The molecule has 166 valence electrons. The van der Waals surface area contributed by atoms with E-state index in [1.807, 2.05) is 12.1 Å². The molecule has 0 radical (unpaired) electrons. The molecule has 6 nitrogen and oxygen atoms in total. The molecule has 0 N–H and O–H groups in total. The average molecular weight is 463 g/mol. The molecule has 0 bridgehead atoms. The molecule has 0 spiro atoms. The largest absolute Gasteiger partial charge is 0.274 e. The maximum absolute atomic E-state index is 13.5. The molecule has 2 aromatic rings. The third-order valence-corrected chi connectivity index (χ3v) is 7.70. The van der Waals surface area contributed by atoms with Crippen LogP contribution in [0.4, 0.5) is 5.69 Å². The topological polar surface area (TPSA) is 74.8 Å². The summed E-state index contributed by atoms with van der Waals surface area (Å²) >= 11 is 5.90. The van der Waals surface area contributed by atoms with Crippen LogP contribution in [-0.2, 0) is 19.6 Å². The second-order valence-corrected chi connectivity index (χ2v) is 11.2. The Morgan fingerprint density at radius 3 is 2.03 bits per heavy atom. The van der Waals surface area contributed by atoms with Crippen molar-refractivity contribution in [3.8, 4) is 0 Å². The van der Waals surface area contributed by atoms with Gasteiger partial charge in [0.1, 0.15) is 6.04 Å². The summed E-state index contributed by atoms with van der Waals surface area (Å²) in [5.41, 5.74) is 0.594. The molecule has 1 aliphatic heterocycles. The van der Waals surface area contributed by atoms with Gasteiger partial charge in [-0.2, -0.15) is 4.31 Å². The number of nitrogens with zero attached hydrogens (tertiary/aromatic N) is 2. The molecular formula is C23H27ClN2O4S. The summed E-state index contributed by atoms with van der Waals surface area (Å²) in [4.78, 5) is 27.3. The fourth-order valence-corrected chi connectivity index (χ4v) is 5.85. The van der Waals surface area contributed by atoms with Crippen LogP contribution in [0.5, 0.6) is 0 Å². The lowest BCUT2D eigenvalue weighted by atomic mass is 10.0. The maximum atomic E-state index is 13.5. The molecule has 3 rings (SSSR count). The fourth-order valence-electron chi connectivity index (χ4n) is 3.79. The van der Waals surface area contributed by atoms with Gasteiger partial charge in [0.15, 0.2) is 0 Å². The molecule has 2 amide bonds. The van der Waals surface area contributed by atoms with Crippen molar-refractivity contribution in [3.05, 3.63) is 59.1 Å². The Bertz CT molecular complexity index is 1090. The lowest BCUT2D eigenvalue weighted by Crippen LogP contribution is -2.54. The summed E-state index contributed by atoms with van der Waals surface area (Å²) in [7, 11) is -4.06. The maximum Gasteiger partial charge on any atom is 0.252 e. The second kappa shape index (κ2) is 8.37. The summed E-state index contributed by atoms with van der Waals surface area (Å²) in [6, 6.07) is 11.8. The monoisotopic (exact) mass is 462 g/mol. The minimum absolute atomic E-state index is 0.0202. The Hall–Kier alpha value is -2.22. The first kappa shape index (κ1) is 23.4. The van der Waals surface area contributed by atoms with Crippen molar-refractivity contribution < 1.29 is 18.0 Å². The third kappa shape index (κ3) is 4.54. The number of hydrogen-bond acceptors (Lipinski definition) is 4. The van der Waals surface area contributed by atoms with E-state index >= 15 is 0 Å². The molecule has 2 aromatic carbocycles. The van der Waals surface area contributed by atoms with Crippen molar-refractivity contribution in [2.75, 3.05) is 4.90 Å². The molecule has 1 fully saturated rings. The van der Waals surface area contributed by atoms with Gasteiger partial charge < -0.3 is 0 Å². The van der Waals surface area contributed by atoms with Crippen molar-refractivity contribution in [3.63, 3.8) is 0 Å². The first-order valence-electron chi connectivity index (χ1n) is 10.1. The first-order chi connectivity index (χ1) is 14.3. The van der Waals surface area contributed by atoms with Crippen LogP contribution in [0, 0.1) is 0 Å². The standard InChI is InChI=1S/C23H27ClN2O4S/c1-15(2)16-6-10-18(11-7-16)25-21(27)14-20(22(25)28)26(23(3,4)5)31(29,30)19-12-8-17(24)9-13-19/h6-13,15,20H,14H2,1-5H3. The third-order valence-electron chi connectivity index (χ3n) is 5.26. The van der Waals surface area contributed by atoms with E-state index in [0.717, 1.165) is 14.8 Å². The average Bonchev–Trinajstić information content (AvgIpc) is 2.94. The van der Waals surface area contributed by atoms with E-state index in [4.69, 9.17) is 11.6 Å². The van der Waals surface area contributed by atoms with Gasteiger partial charge in [-0.15, -0.1) is 0 Å². The molecule has 0 aromatic heterocycles. The van der Waals surface area contributed by atoms with Crippen LogP contribution in [0.25, 0.3) is 0 Å². The molecule has 1 aliphatic rings. The number of carbonyl (C=O) groups is 2. The molecule has 1 atom stereocenters. The van der Waals surface area contributed by atoms with Crippen LogP contribution in [0.1, 0.15) is 52.5 Å². The zero-order valence-corrected chi connectivity index (χ0v) is 19.9. The Labute approximate surface area is 188 Å².